The second-order valence-corrected chi connectivity index (χ2v) is 11.3. The van der Waals surface area contributed by atoms with Crippen molar-refractivity contribution in [2.24, 2.45) is 0 Å². The summed E-state index contributed by atoms with van der Waals surface area (Å²) in [5, 5.41) is 16.1. The molecule has 2 N–H and O–H groups in total. The van der Waals surface area contributed by atoms with Crippen LogP contribution in [0.5, 0.6) is 0 Å². The largest absolute Gasteiger partial charge is 0.416 e. The zero-order valence-corrected chi connectivity index (χ0v) is 23.8. The van der Waals surface area contributed by atoms with E-state index in [0.717, 1.165) is 44.9 Å². The molecule has 0 aliphatic carbocycles. The molecule has 2 heterocycles. The number of fused-ring (bicyclic) bond motifs is 2. The van der Waals surface area contributed by atoms with Gasteiger partial charge in [0.15, 0.2) is 16.1 Å². The normalized spacial score (nSPS) is 11.6. The van der Waals surface area contributed by atoms with E-state index in [1.807, 2.05) is 54.6 Å². The van der Waals surface area contributed by atoms with Crippen LogP contribution in [-0.4, -0.2) is 37.3 Å². The minimum Gasteiger partial charge on any atom is -0.345 e. The van der Waals surface area contributed by atoms with Crippen molar-refractivity contribution in [2.45, 2.75) is 17.9 Å². The van der Waals surface area contributed by atoms with Gasteiger partial charge in [-0.05, 0) is 47.2 Å². The van der Waals surface area contributed by atoms with Gasteiger partial charge in [-0.2, -0.15) is 13.2 Å². The van der Waals surface area contributed by atoms with Crippen molar-refractivity contribution < 1.29 is 22.8 Å². The third-order valence-corrected chi connectivity index (χ3v) is 8.33. The summed E-state index contributed by atoms with van der Waals surface area (Å²) in [4.78, 5) is 30.3. The maximum Gasteiger partial charge on any atom is 0.416 e. The van der Waals surface area contributed by atoms with E-state index in [-0.39, 0.29) is 40.8 Å². The topological polar surface area (TPSA) is 102 Å². The average molecular weight is 619 g/mol. The molecule has 6 aromatic rings. The summed E-state index contributed by atoms with van der Waals surface area (Å²) in [6.45, 7) is -0.121. The fraction of sp³-hybridized carbons (Fsp3) is 0.100. The standard InChI is InChI=1S/C30H21F3N6O2S2/c31-30(32,33)19-9-6-10-20(15-19)39-25(16-34-27(41)22-12-5-8-18-7-1-2-11-21(18)22)37-38-29(39)42-17-26(40)36-28-35-23-13-3-4-14-24(23)43-28/h1-15H,16-17H2,(H,34,41)(H,35,36,40). The van der Waals surface area contributed by atoms with Gasteiger partial charge in [-0.15, -0.1) is 10.2 Å². The average Bonchev–Trinajstić information content (AvgIpc) is 3.61. The van der Waals surface area contributed by atoms with Crippen molar-refractivity contribution in [3.63, 3.8) is 0 Å². The van der Waals surface area contributed by atoms with Crippen molar-refractivity contribution in [3.05, 3.63) is 108 Å². The molecule has 0 atom stereocenters. The van der Waals surface area contributed by atoms with E-state index in [9.17, 15) is 22.8 Å². The monoisotopic (exact) mass is 618 g/mol. The number of alkyl halides is 3. The molecule has 0 saturated heterocycles. The van der Waals surface area contributed by atoms with E-state index in [0.29, 0.717) is 10.7 Å². The molecule has 2 amide bonds. The Kier molecular flexibility index (Phi) is 7.82. The van der Waals surface area contributed by atoms with Crippen molar-refractivity contribution in [1.29, 1.82) is 0 Å². The second-order valence-electron chi connectivity index (χ2n) is 9.32. The Balaban J connectivity index is 1.24. The predicted molar refractivity (Wildman–Crippen MR) is 160 cm³/mol. The first-order valence-electron chi connectivity index (χ1n) is 12.9. The number of anilines is 1. The molecule has 0 unspecified atom stereocenters. The number of nitrogens with one attached hydrogen (secondary N) is 2. The quantitative estimate of drug-likeness (QED) is 0.184. The smallest absolute Gasteiger partial charge is 0.345 e. The molecule has 0 spiro atoms. The van der Waals surface area contributed by atoms with Crippen LogP contribution in [0.4, 0.5) is 18.3 Å². The fourth-order valence-corrected chi connectivity index (χ4v) is 6.13. The molecule has 43 heavy (non-hydrogen) atoms. The lowest BCUT2D eigenvalue weighted by Crippen LogP contribution is -2.25. The van der Waals surface area contributed by atoms with Crippen LogP contribution in [0.1, 0.15) is 21.7 Å². The first kappa shape index (κ1) is 28.4. The summed E-state index contributed by atoms with van der Waals surface area (Å²) in [5.74, 6) is -0.648. The Bertz CT molecular complexity index is 1930. The molecular formula is C30H21F3N6O2S2. The number of benzene rings is 4. The molecule has 4 aromatic carbocycles. The molecule has 2 aromatic heterocycles. The molecule has 6 rings (SSSR count). The summed E-state index contributed by atoms with van der Waals surface area (Å²) in [7, 11) is 0. The van der Waals surface area contributed by atoms with Crippen molar-refractivity contribution in [1.82, 2.24) is 25.1 Å². The van der Waals surface area contributed by atoms with Gasteiger partial charge < -0.3 is 10.6 Å². The van der Waals surface area contributed by atoms with Crippen LogP contribution >= 0.6 is 23.1 Å². The number of thioether (sulfide) groups is 1. The van der Waals surface area contributed by atoms with Crippen molar-refractivity contribution >= 4 is 61.0 Å². The lowest BCUT2D eigenvalue weighted by Gasteiger charge is -2.14. The number of carbonyl (C=O) groups excluding carboxylic acids is 2. The van der Waals surface area contributed by atoms with E-state index in [2.05, 4.69) is 25.8 Å². The number of halogens is 3. The summed E-state index contributed by atoms with van der Waals surface area (Å²) < 4.78 is 43.0. The zero-order chi connectivity index (χ0) is 30.0. The Hall–Kier alpha value is -4.75. The van der Waals surface area contributed by atoms with Crippen LogP contribution in [0.25, 0.3) is 26.7 Å². The summed E-state index contributed by atoms with van der Waals surface area (Å²) in [6, 6.07) is 25.0. The molecule has 13 heteroatoms. The highest BCUT2D eigenvalue weighted by atomic mass is 32.2. The van der Waals surface area contributed by atoms with Crippen LogP contribution in [-0.2, 0) is 17.5 Å². The lowest BCUT2D eigenvalue weighted by atomic mass is 10.0. The van der Waals surface area contributed by atoms with Crippen molar-refractivity contribution in [2.75, 3.05) is 11.1 Å². The Morgan fingerprint density at radius 2 is 1.67 bits per heavy atom. The maximum atomic E-state index is 13.6. The van der Waals surface area contributed by atoms with Gasteiger partial charge in [0.1, 0.15) is 0 Å². The SMILES string of the molecule is O=C(CSc1nnc(CNC(=O)c2cccc3ccccc23)n1-c1cccc(C(F)(F)F)c1)Nc1nc2ccccc2s1. The molecule has 0 radical (unpaired) electrons. The Morgan fingerprint density at radius 3 is 2.51 bits per heavy atom. The van der Waals surface area contributed by atoms with E-state index in [4.69, 9.17) is 0 Å². The van der Waals surface area contributed by atoms with E-state index in [1.165, 1.54) is 28.0 Å². The van der Waals surface area contributed by atoms with Gasteiger partial charge in [-0.25, -0.2) is 4.98 Å². The van der Waals surface area contributed by atoms with Crippen LogP contribution in [0.2, 0.25) is 0 Å². The number of hydrogen-bond donors (Lipinski definition) is 2. The maximum absolute atomic E-state index is 13.6. The minimum atomic E-state index is -4.57. The first-order chi connectivity index (χ1) is 20.8. The van der Waals surface area contributed by atoms with Gasteiger partial charge >= 0.3 is 6.18 Å². The van der Waals surface area contributed by atoms with Gasteiger partial charge in [-0.1, -0.05) is 77.7 Å². The predicted octanol–water partition coefficient (Wildman–Crippen LogP) is 6.71. The molecule has 0 aliphatic heterocycles. The first-order valence-corrected chi connectivity index (χ1v) is 14.7. The number of rotatable bonds is 8. The van der Waals surface area contributed by atoms with Gasteiger partial charge in [0, 0.05) is 5.56 Å². The molecule has 0 fully saturated rings. The number of carbonyl (C=O) groups is 2. The molecule has 0 saturated carbocycles. The van der Waals surface area contributed by atoms with Crippen molar-refractivity contribution in [3.8, 4) is 5.69 Å². The third kappa shape index (κ3) is 6.22. The van der Waals surface area contributed by atoms with Gasteiger partial charge in [0.25, 0.3) is 5.91 Å². The second kappa shape index (κ2) is 11.9. The van der Waals surface area contributed by atoms with Gasteiger partial charge in [0.2, 0.25) is 5.91 Å². The number of nitrogens with zero attached hydrogens (tertiary/aromatic N) is 4. The van der Waals surface area contributed by atoms with Crippen LogP contribution in [0.15, 0.2) is 96.2 Å². The number of hydrogen-bond acceptors (Lipinski definition) is 7. The summed E-state index contributed by atoms with van der Waals surface area (Å²) in [5.41, 5.74) is 0.497. The zero-order valence-electron chi connectivity index (χ0n) is 22.1. The Labute approximate surface area is 251 Å². The highest BCUT2D eigenvalue weighted by molar-refractivity contribution is 7.99. The Morgan fingerprint density at radius 1 is 0.907 bits per heavy atom. The number of thiazole rings is 1. The molecule has 8 nitrogen and oxygen atoms in total. The van der Waals surface area contributed by atoms with Crippen LogP contribution < -0.4 is 10.6 Å². The highest BCUT2D eigenvalue weighted by Crippen LogP contribution is 2.32. The summed E-state index contributed by atoms with van der Waals surface area (Å²) in [6.07, 6.45) is -4.57. The number of amides is 2. The van der Waals surface area contributed by atoms with E-state index < -0.39 is 11.7 Å². The van der Waals surface area contributed by atoms with Gasteiger partial charge in [0.05, 0.1) is 33.8 Å². The van der Waals surface area contributed by atoms with Gasteiger partial charge in [-0.3, -0.25) is 14.2 Å². The molecule has 0 aliphatic rings. The number of aromatic nitrogens is 4. The van der Waals surface area contributed by atoms with E-state index in [1.54, 1.807) is 12.1 Å². The molecular weight excluding hydrogens is 597 g/mol. The summed E-state index contributed by atoms with van der Waals surface area (Å²) >= 11 is 2.33. The molecule has 216 valence electrons. The van der Waals surface area contributed by atoms with Crippen LogP contribution in [0.3, 0.4) is 0 Å². The third-order valence-electron chi connectivity index (χ3n) is 6.45. The minimum absolute atomic E-state index is 0.102. The lowest BCUT2D eigenvalue weighted by molar-refractivity contribution is -0.137. The van der Waals surface area contributed by atoms with E-state index >= 15 is 0 Å². The highest BCUT2D eigenvalue weighted by Gasteiger charge is 2.31. The number of para-hydroxylation sites is 1. The molecule has 0 bridgehead atoms. The van der Waals surface area contributed by atoms with Crippen LogP contribution in [0, 0.1) is 0 Å². The fourth-order valence-electron chi connectivity index (χ4n) is 4.48.